The predicted molar refractivity (Wildman–Crippen MR) is 76.2 cm³/mol. The molecule has 21 heavy (non-hydrogen) atoms. The van der Waals surface area contributed by atoms with Crippen molar-refractivity contribution in [2.24, 2.45) is 5.14 Å². The van der Waals surface area contributed by atoms with E-state index in [0.29, 0.717) is 18.3 Å². The van der Waals surface area contributed by atoms with Crippen LogP contribution in [0.3, 0.4) is 0 Å². The summed E-state index contributed by atoms with van der Waals surface area (Å²) in [7, 11) is -3.71. The summed E-state index contributed by atoms with van der Waals surface area (Å²) in [4.78, 5) is 2.16. The molecule has 0 atom stereocenters. The fourth-order valence-electron chi connectivity index (χ4n) is 2.54. The SMILES string of the molecule is Cc1nnc(CN2CCCc3ccc(S(N)(=O)=O)cc32)o1. The van der Waals surface area contributed by atoms with Crippen molar-refractivity contribution in [3.05, 3.63) is 35.5 Å². The van der Waals surface area contributed by atoms with Crippen LogP contribution in [0, 0.1) is 6.92 Å². The van der Waals surface area contributed by atoms with Gasteiger partial charge in [0.25, 0.3) is 0 Å². The molecule has 0 fully saturated rings. The molecule has 0 aliphatic carbocycles. The fraction of sp³-hybridized carbons (Fsp3) is 0.385. The van der Waals surface area contributed by atoms with E-state index in [1.165, 1.54) is 0 Å². The predicted octanol–water partition coefficient (Wildman–Crippen LogP) is 0.978. The molecule has 0 spiro atoms. The Morgan fingerprint density at radius 1 is 1.38 bits per heavy atom. The maximum atomic E-state index is 11.5. The Balaban J connectivity index is 1.96. The summed E-state index contributed by atoms with van der Waals surface area (Å²) < 4.78 is 28.4. The molecular weight excluding hydrogens is 292 g/mol. The van der Waals surface area contributed by atoms with E-state index >= 15 is 0 Å². The molecule has 1 aromatic carbocycles. The molecule has 1 aliphatic heterocycles. The molecule has 1 aliphatic rings. The number of sulfonamides is 1. The molecule has 2 heterocycles. The Bertz CT molecular complexity index is 769. The number of fused-ring (bicyclic) bond motifs is 1. The van der Waals surface area contributed by atoms with Gasteiger partial charge in [0.05, 0.1) is 11.4 Å². The van der Waals surface area contributed by atoms with Gasteiger partial charge in [0, 0.05) is 19.2 Å². The van der Waals surface area contributed by atoms with E-state index in [-0.39, 0.29) is 4.90 Å². The zero-order valence-corrected chi connectivity index (χ0v) is 12.4. The van der Waals surface area contributed by atoms with E-state index in [1.54, 1.807) is 19.1 Å². The molecule has 8 heteroatoms. The van der Waals surface area contributed by atoms with Gasteiger partial charge in [-0.2, -0.15) is 0 Å². The first kappa shape index (κ1) is 14.0. The Morgan fingerprint density at radius 2 is 2.19 bits per heavy atom. The highest BCUT2D eigenvalue weighted by molar-refractivity contribution is 7.89. The number of hydrogen-bond acceptors (Lipinski definition) is 6. The molecule has 0 saturated carbocycles. The summed E-state index contributed by atoms with van der Waals surface area (Å²) >= 11 is 0. The maximum Gasteiger partial charge on any atom is 0.238 e. The van der Waals surface area contributed by atoms with Crippen LogP contribution in [0.2, 0.25) is 0 Å². The van der Waals surface area contributed by atoms with Crippen molar-refractivity contribution in [3.63, 3.8) is 0 Å². The standard InChI is InChI=1S/C13H16N4O3S/c1-9-15-16-13(20-9)8-17-6-2-3-10-4-5-11(7-12(10)17)21(14,18)19/h4-5,7H,2-3,6,8H2,1H3,(H2,14,18,19). The largest absolute Gasteiger partial charge is 0.424 e. The number of hydrogen-bond donors (Lipinski definition) is 1. The van der Waals surface area contributed by atoms with Gasteiger partial charge in [-0.15, -0.1) is 10.2 Å². The van der Waals surface area contributed by atoms with Gasteiger partial charge in [0.15, 0.2) is 0 Å². The topological polar surface area (TPSA) is 102 Å². The molecule has 2 N–H and O–H groups in total. The lowest BCUT2D eigenvalue weighted by Gasteiger charge is -2.30. The van der Waals surface area contributed by atoms with Crippen molar-refractivity contribution in [1.29, 1.82) is 0 Å². The molecule has 112 valence electrons. The van der Waals surface area contributed by atoms with Gasteiger partial charge < -0.3 is 9.32 Å². The van der Waals surface area contributed by atoms with Crippen molar-refractivity contribution in [2.75, 3.05) is 11.4 Å². The van der Waals surface area contributed by atoms with E-state index in [4.69, 9.17) is 9.56 Å². The fourth-order valence-corrected chi connectivity index (χ4v) is 3.07. The lowest BCUT2D eigenvalue weighted by molar-refractivity contribution is 0.459. The molecule has 3 rings (SSSR count). The highest BCUT2D eigenvalue weighted by Crippen LogP contribution is 2.30. The maximum absolute atomic E-state index is 11.5. The minimum Gasteiger partial charge on any atom is -0.424 e. The third-order valence-electron chi connectivity index (χ3n) is 3.49. The third-order valence-corrected chi connectivity index (χ3v) is 4.41. The van der Waals surface area contributed by atoms with E-state index in [1.807, 2.05) is 11.0 Å². The second kappa shape index (κ2) is 5.12. The number of nitrogens with two attached hydrogens (primary N) is 1. The highest BCUT2D eigenvalue weighted by Gasteiger charge is 2.21. The lowest BCUT2D eigenvalue weighted by Crippen LogP contribution is -2.29. The van der Waals surface area contributed by atoms with E-state index < -0.39 is 10.0 Å². The summed E-state index contributed by atoms with van der Waals surface area (Å²) in [6.07, 6.45) is 1.91. The quantitative estimate of drug-likeness (QED) is 0.906. The molecule has 0 radical (unpaired) electrons. The minimum atomic E-state index is -3.71. The van der Waals surface area contributed by atoms with E-state index in [0.717, 1.165) is 30.6 Å². The third kappa shape index (κ3) is 2.91. The van der Waals surface area contributed by atoms with Gasteiger partial charge in [0.2, 0.25) is 21.8 Å². The summed E-state index contributed by atoms with van der Waals surface area (Å²) in [5.74, 6) is 1.03. The van der Waals surface area contributed by atoms with Crippen molar-refractivity contribution in [2.45, 2.75) is 31.2 Å². The second-order valence-corrected chi connectivity index (χ2v) is 6.64. The smallest absolute Gasteiger partial charge is 0.238 e. The number of aromatic nitrogens is 2. The number of benzene rings is 1. The molecule has 0 saturated heterocycles. The first-order chi connectivity index (χ1) is 9.93. The Kier molecular flexibility index (Phi) is 3.42. The molecule has 0 unspecified atom stereocenters. The Hall–Kier alpha value is -1.93. The Morgan fingerprint density at radius 3 is 2.86 bits per heavy atom. The molecule has 0 amide bonds. The number of rotatable bonds is 3. The van der Waals surface area contributed by atoms with Gasteiger partial charge >= 0.3 is 0 Å². The second-order valence-electron chi connectivity index (χ2n) is 5.08. The average Bonchev–Trinajstić information content (AvgIpc) is 2.83. The number of nitrogens with zero attached hydrogens (tertiary/aromatic N) is 3. The molecular formula is C13H16N4O3S. The van der Waals surface area contributed by atoms with Crippen molar-refractivity contribution < 1.29 is 12.8 Å². The van der Waals surface area contributed by atoms with Gasteiger partial charge in [-0.05, 0) is 30.5 Å². The van der Waals surface area contributed by atoms with Crippen LogP contribution in [0.15, 0.2) is 27.5 Å². The lowest BCUT2D eigenvalue weighted by atomic mass is 10.0. The van der Waals surface area contributed by atoms with Crippen LogP contribution < -0.4 is 10.0 Å². The van der Waals surface area contributed by atoms with E-state index in [2.05, 4.69) is 10.2 Å². The highest BCUT2D eigenvalue weighted by atomic mass is 32.2. The van der Waals surface area contributed by atoms with Crippen LogP contribution in [0.5, 0.6) is 0 Å². The summed E-state index contributed by atoms with van der Waals surface area (Å²) in [5, 5.41) is 13.0. The normalized spacial score (nSPS) is 15.0. The molecule has 0 bridgehead atoms. The van der Waals surface area contributed by atoms with Gasteiger partial charge in [-0.25, -0.2) is 13.6 Å². The van der Waals surface area contributed by atoms with Crippen molar-refractivity contribution >= 4 is 15.7 Å². The van der Waals surface area contributed by atoms with Crippen LogP contribution in [-0.2, 0) is 23.0 Å². The summed E-state index contributed by atoms with van der Waals surface area (Å²) in [5.41, 5.74) is 1.97. The van der Waals surface area contributed by atoms with Crippen LogP contribution >= 0.6 is 0 Å². The van der Waals surface area contributed by atoms with Crippen molar-refractivity contribution in [1.82, 2.24) is 10.2 Å². The van der Waals surface area contributed by atoms with Crippen LogP contribution in [-0.4, -0.2) is 25.2 Å². The van der Waals surface area contributed by atoms with Gasteiger partial charge in [-0.3, -0.25) is 0 Å². The van der Waals surface area contributed by atoms with Gasteiger partial charge in [0.1, 0.15) is 0 Å². The first-order valence-electron chi connectivity index (χ1n) is 6.63. The molecule has 7 nitrogen and oxygen atoms in total. The monoisotopic (exact) mass is 308 g/mol. The Labute approximate surface area is 122 Å². The number of anilines is 1. The number of aryl methyl sites for hydroxylation is 2. The summed E-state index contributed by atoms with van der Waals surface area (Å²) in [6, 6.07) is 4.99. The summed E-state index contributed by atoms with van der Waals surface area (Å²) in [6.45, 7) is 3.00. The molecule has 2 aromatic rings. The number of primary sulfonamides is 1. The van der Waals surface area contributed by atoms with E-state index in [9.17, 15) is 8.42 Å². The van der Waals surface area contributed by atoms with Gasteiger partial charge in [-0.1, -0.05) is 6.07 Å². The first-order valence-corrected chi connectivity index (χ1v) is 8.18. The van der Waals surface area contributed by atoms with Crippen LogP contribution in [0.25, 0.3) is 0 Å². The van der Waals surface area contributed by atoms with Crippen molar-refractivity contribution in [3.8, 4) is 0 Å². The zero-order valence-electron chi connectivity index (χ0n) is 11.6. The van der Waals surface area contributed by atoms with Crippen LogP contribution in [0.4, 0.5) is 5.69 Å². The zero-order chi connectivity index (χ0) is 15.0. The minimum absolute atomic E-state index is 0.120. The molecule has 1 aromatic heterocycles. The average molecular weight is 308 g/mol. The van der Waals surface area contributed by atoms with Crippen LogP contribution in [0.1, 0.15) is 23.8 Å².